The Kier molecular flexibility index (Phi) is 6.21. The van der Waals surface area contributed by atoms with Gasteiger partial charge in [0.25, 0.3) is 0 Å². The lowest BCUT2D eigenvalue weighted by atomic mass is 10.1. The average molecular weight is 289 g/mol. The first-order valence-electron chi connectivity index (χ1n) is 6.04. The van der Waals surface area contributed by atoms with Crippen molar-refractivity contribution in [2.24, 2.45) is 5.92 Å². The molecule has 4 nitrogen and oxygen atoms in total. The summed E-state index contributed by atoms with van der Waals surface area (Å²) >= 11 is 0. The molecule has 1 aliphatic heterocycles. The minimum absolute atomic E-state index is 0.0318. The summed E-state index contributed by atoms with van der Waals surface area (Å²) in [6, 6.07) is -0.231. The van der Waals surface area contributed by atoms with Crippen molar-refractivity contribution < 1.29 is 14.4 Å². The van der Waals surface area contributed by atoms with Crippen LogP contribution in [0.1, 0.15) is 33.6 Å². The number of carbonyl (C=O) groups is 3. The van der Waals surface area contributed by atoms with Crippen molar-refractivity contribution in [1.82, 2.24) is 4.90 Å². The van der Waals surface area contributed by atoms with Crippen LogP contribution in [0.25, 0.3) is 0 Å². The molecule has 18 heavy (non-hydrogen) atoms. The molecule has 0 aromatic carbocycles. The topological polar surface area (TPSA) is 54.5 Å². The average Bonchev–Trinajstić information content (AvgIpc) is 2.76. The van der Waals surface area contributed by atoms with E-state index in [9.17, 15) is 14.4 Å². The third kappa shape index (κ3) is 4.31. The van der Waals surface area contributed by atoms with Gasteiger partial charge in [0, 0.05) is 25.1 Å². The molecular weight excluding hydrogens is 270 g/mol. The van der Waals surface area contributed by atoms with E-state index >= 15 is 0 Å². The van der Waals surface area contributed by atoms with Gasteiger partial charge in [-0.3, -0.25) is 14.4 Å². The predicted octanol–water partition coefficient (Wildman–Crippen LogP) is 2.13. The summed E-state index contributed by atoms with van der Waals surface area (Å²) in [5, 5.41) is 0.0439. The quantitative estimate of drug-likeness (QED) is 0.726. The Morgan fingerprint density at radius 1 is 1.33 bits per heavy atom. The van der Waals surface area contributed by atoms with Gasteiger partial charge in [0.15, 0.2) is 10.9 Å². The molecule has 102 valence electrons. The van der Waals surface area contributed by atoms with E-state index < -0.39 is 0 Å². The second-order valence-corrected chi connectivity index (χ2v) is 7.08. The summed E-state index contributed by atoms with van der Waals surface area (Å²) < 4.78 is 0. The lowest BCUT2D eigenvalue weighted by molar-refractivity contribution is -0.139. The number of hydrogen-bond acceptors (Lipinski definition) is 5. The summed E-state index contributed by atoms with van der Waals surface area (Å²) in [6.45, 7) is 5.58. The summed E-state index contributed by atoms with van der Waals surface area (Å²) in [4.78, 5) is 36.1. The fourth-order valence-corrected chi connectivity index (χ4v) is 3.92. The lowest BCUT2D eigenvalue weighted by Crippen LogP contribution is -2.42. The van der Waals surface area contributed by atoms with E-state index in [2.05, 4.69) is 0 Å². The maximum absolute atomic E-state index is 12.2. The van der Waals surface area contributed by atoms with Gasteiger partial charge >= 0.3 is 0 Å². The van der Waals surface area contributed by atoms with Crippen molar-refractivity contribution in [2.45, 2.75) is 39.7 Å². The zero-order valence-electron chi connectivity index (χ0n) is 11.0. The van der Waals surface area contributed by atoms with Crippen molar-refractivity contribution in [2.75, 3.05) is 12.3 Å². The van der Waals surface area contributed by atoms with Crippen LogP contribution < -0.4 is 0 Å². The Morgan fingerprint density at radius 3 is 2.56 bits per heavy atom. The SMILES string of the molecule is CC(=O)SSCC(C)C(=O)N1CCCC1C(C)=O. The third-order valence-corrected chi connectivity index (χ3v) is 5.38. The minimum Gasteiger partial charge on any atom is -0.332 e. The van der Waals surface area contributed by atoms with Crippen molar-refractivity contribution in [3.8, 4) is 0 Å². The molecule has 1 fully saturated rings. The normalized spacial score (nSPS) is 20.8. The molecule has 0 aromatic heterocycles. The Hall–Kier alpha value is -0.490. The zero-order chi connectivity index (χ0) is 13.7. The second kappa shape index (κ2) is 7.19. The summed E-state index contributed by atoms with van der Waals surface area (Å²) in [5.41, 5.74) is 0. The molecule has 0 aliphatic carbocycles. The number of Topliss-reactive ketones (excluding diaryl/α,β-unsaturated/α-hetero) is 1. The standard InChI is InChI=1S/C12H19NO3S2/c1-8(7-17-18-10(3)15)12(16)13-6-4-5-11(13)9(2)14/h8,11H,4-7H2,1-3H3. The van der Waals surface area contributed by atoms with E-state index in [0.29, 0.717) is 12.3 Å². The predicted molar refractivity (Wildman–Crippen MR) is 75.3 cm³/mol. The molecule has 2 atom stereocenters. The minimum atomic E-state index is -0.231. The summed E-state index contributed by atoms with van der Waals surface area (Å²) in [6.07, 6.45) is 1.68. The molecular formula is C12H19NO3S2. The van der Waals surface area contributed by atoms with E-state index in [0.717, 1.165) is 12.8 Å². The highest BCUT2D eigenvalue weighted by Gasteiger charge is 2.33. The lowest BCUT2D eigenvalue weighted by Gasteiger charge is -2.25. The molecule has 1 aliphatic rings. The first kappa shape index (κ1) is 15.6. The Balaban J connectivity index is 2.47. The third-order valence-electron chi connectivity index (χ3n) is 2.92. The molecule has 2 unspecified atom stereocenters. The van der Waals surface area contributed by atoms with Gasteiger partial charge in [0.1, 0.15) is 0 Å². The molecule has 0 spiro atoms. The van der Waals surface area contributed by atoms with Crippen LogP contribution in [0.15, 0.2) is 0 Å². The van der Waals surface area contributed by atoms with E-state index in [1.807, 2.05) is 6.92 Å². The van der Waals surface area contributed by atoms with Crippen LogP contribution in [0, 0.1) is 5.92 Å². The Bertz CT molecular complexity index is 346. The number of carbonyl (C=O) groups excluding carboxylic acids is 3. The molecule has 0 bridgehead atoms. The summed E-state index contributed by atoms with van der Waals surface area (Å²) in [5.74, 6) is 0.550. The van der Waals surface area contributed by atoms with Crippen LogP contribution in [0.2, 0.25) is 0 Å². The van der Waals surface area contributed by atoms with Gasteiger partial charge in [0.05, 0.1) is 6.04 Å². The van der Waals surface area contributed by atoms with Gasteiger partial charge in [-0.25, -0.2) is 0 Å². The van der Waals surface area contributed by atoms with Crippen molar-refractivity contribution >= 4 is 38.4 Å². The van der Waals surface area contributed by atoms with E-state index in [1.54, 1.807) is 11.8 Å². The van der Waals surface area contributed by atoms with Crippen LogP contribution in [-0.2, 0) is 14.4 Å². The van der Waals surface area contributed by atoms with Crippen LogP contribution in [0.3, 0.4) is 0 Å². The molecule has 1 amide bonds. The smallest absolute Gasteiger partial charge is 0.226 e. The highest BCUT2D eigenvalue weighted by molar-refractivity contribution is 8.82. The first-order valence-corrected chi connectivity index (χ1v) is 8.36. The van der Waals surface area contributed by atoms with E-state index in [-0.39, 0.29) is 28.8 Å². The molecule has 0 N–H and O–H groups in total. The number of rotatable bonds is 5. The molecule has 6 heteroatoms. The van der Waals surface area contributed by atoms with Crippen LogP contribution >= 0.6 is 21.6 Å². The maximum Gasteiger partial charge on any atom is 0.226 e. The largest absolute Gasteiger partial charge is 0.332 e. The van der Waals surface area contributed by atoms with E-state index in [4.69, 9.17) is 0 Å². The molecule has 1 rings (SSSR count). The van der Waals surface area contributed by atoms with Gasteiger partial charge in [-0.1, -0.05) is 17.7 Å². The van der Waals surface area contributed by atoms with Crippen molar-refractivity contribution in [3.05, 3.63) is 0 Å². The van der Waals surface area contributed by atoms with Crippen LogP contribution in [-0.4, -0.2) is 40.0 Å². The molecule has 0 radical (unpaired) electrons. The Morgan fingerprint density at radius 2 is 2.00 bits per heavy atom. The molecule has 1 saturated heterocycles. The monoisotopic (exact) mass is 289 g/mol. The number of nitrogens with zero attached hydrogens (tertiary/aromatic N) is 1. The number of ketones is 1. The highest BCUT2D eigenvalue weighted by Crippen LogP contribution is 2.27. The zero-order valence-corrected chi connectivity index (χ0v) is 12.6. The maximum atomic E-state index is 12.2. The highest BCUT2D eigenvalue weighted by atomic mass is 33.1. The van der Waals surface area contributed by atoms with Gasteiger partial charge in [-0.2, -0.15) is 0 Å². The molecule has 0 saturated carbocycles. The fraction of sp³-hybridized carbons (Fsp3) is 0.750. The van der Waals surface area contributed by atoms with Gasteiger partial charge in [-0.05, 0) is 30.6 Å². The Labute approximate surface area is 116 Å². The van der Waals surface area contributed by atoms with Gasteiger partial charge in [0.2, 0.25) is 5.91 Å². The number of hydrogen-bond donors (Lipinski definition) is 0. The van der Waals surface area contributed by atoms with Crippen molar-refractivity contribution in [1.29, 1.82) is 0 Å². The molecule has 1 heterocycles. The summed E-state index contributed by atoms with van der Waals surface area (Å²) in [7, 11) is 2.57. The van der Waals surface area contributed by atoms with Gasteiger partial charge < -0.3 is 4.90 Å². The van der Waals surface area contributed by atoms with Crippen LogP contribution in [0.4, 0.5) is 0 Å². The van der Waals surface area contributed by atoms with E-state index in [1.165, 1.54) is 28.5 Å². The first-order chi connectivity index (χ1) is 8.43. The fourth-order valence-electron chi connectivity index (χ4n) is 2.03. The number of likely N-dealkylation sites (tertiary alicyclic amines) is 1. The van der Waals surface area contributed by atoms with Crippen LogP contribution in [0.5, 0.6) is 0 Å². The second-order valence-electron chi connectivity index (χ2n) is 4.56. The van der Waals surface area contributed by atoms with Gasteiger partial charge in [-0.15, -0.1) is 0 Å². The molecule has 0 aromatic rings. The van der Waals surface area contributed by atoms with Crippen molar-refractivity contribution in [3.63, 3.8) is 0 Å². The number of amides is 1.